The van der Waals surface area contributed by atoms with Crippen LogP contribution in [0.2, 0.25) is 0 Å². The highest BCUT2D eigenvalue weighted by atomic mass is 16.5. The number of aromatic nitrogens is 1. The number of nitrogens with zero attached hydrogens (tertiary/aromatic N) is 2. The van der Waals surface area contributed by atoms with Crippen molar-refractivity contribution in [1.82, 2.24) is 10.1 Å². The molecule has 0 saturated carbocycles. The van der Waals surface area contributed by atoms with Crippen molar-refractivity contribution in [2.24, 2.45) is 0 Å². The van der Waals surface area contributed by atoms with Crippen molar-refractivity contribution in [3.05, 3.63) is 76.7 Å². The summed E-state index contributed by atoms with van der Waals surface area (Å²) in [5, 5.41) is 3.90. The van der Waals surface area contributed by atoms with Crippen LogP contribution in [-0.2, 0) is 22.7 Å². The van der Waals surface area contributed by atoms with Crippen molar-refractivity contribution in [3.63, 3.8) is 0 Å². The first-order valence-electron chi connectivity index (χ1n) is 10.7. The smallest absolute Gasteiger partial charge is 0.342 e. The summed E-state index contributed by atoms with van der Waals surface area (Å²) in [5.74, 6) is 0.851. The van der Waals surface area contributed by atoms with Gasteiger partial charge in [0.1, 0.15) is 29.4 Å². The Labute approximate surface area is 193 Å². The monoisotopic (exact) mass is 452 g/mol. The molecule has 1 amide bonds. The Hall–Kier alpha value is -3.81. The quantitative estimate of drug-likeness (QED) is 0.428. The Morgan fingerprint density at radius 2 is 1.76 bits per heavy atom. The maximum absolute atomic E-state index is 12.6. The minimum absolute atomic E-state index is 0.204. The van der Waals surface area contributed by atoms with Crippen LogP contribution < -0.4 is 9.47 Å². The molecular formula is C25H28N2O6. The normalized spacial score (nSPS) is 10.5. The lowest BCUT2D eigenvalue weighted by Gasteiger charge is -2.18. The molecule has 0 saturated heterocycles. The molecule has 0 aliphatic heterocycles. The van der Waals surface area contributed by atoms with Gasteiger partial charge < -0.3 is 23.6 Å². The SMILES string of the molecule is CCOc1ccc(CN(C)C(=O)COC(=O)c2ccccc2OCc2c(C)noc2C)cc1. The molecule has 174 valence electrons. The molecule has 0 fully saturated rings. The summed E-state index contributed by atoms with van der Waals surface area (Å²) in [6.07, 6.45) is 0. The van der Waals surface area contributed by atoms with E-state index in [0.29, 0.717) is 24.7 Å². The van der Waals surface area contributed by atoms with Gasteiger partial charge in [-0.3, -0.25) is 4.79 Å². The summed E-state index contributed by atoms with van der Waals surface area (Å²) in [6.45, 7) is 6.36. The van der Waals surface area contributed by atoms with Gasteiger partial charge in [-0.25, -0.2) is 4.79 Å². The number of carbonyl (C=O) groups is 2. The minimum atomic E-state index is -0.632. The van der Waals surface area contributed by atoms with Crippen molar-refractivity contribution >= 4 is 11.9 Å². The number of rotatable bonds is 10. The van der Waals surface area contributed by atoms with Gasteiger partial charge >= 0.3 is 5.97 Å². The number of likely N-dealkylation sites (N-methyl/N-ethyl adjacent to an activating group) is 1. The van der Waals surface area contributed by atoms with E-state index in [4.69, 9.17) is 18.7 Å². The summed E-state index contributed by atoms with van der Waals surface area (Å²) >= 11 is 0. The molecule has 0 spiro atoms. The van der Waals surface area contributed by atoms with E-state index in [1.54, 1.807) is 38.2 Å². The van der Waals surface area contributed by atoms with Crippen molar-refractivity contribution in [1.29, 1.82) is 0 Å². The fourth-order valence-electron chi connectivity index (χ4n) is 3.15. The van der Waals surface area contributed by atoms with E-state index in [1.807, 2.05) is 38.1 Å². The fourth-order valence-corrected chi connectivity index (χ4v) is 3.15. The zero-order valence-electron chi connectivity index (χ0n) is 19.3. The predicted molar refractivity (Wildman–Crippen MR) is 121 cm³/mol. The number of amides is 1. The van der Waals surface area contributed by atoms with Gasteiger partial charge in [-0.1, -0.05) is 29.4 Å². The van der Waals surface area contributed by atoms with E-state index >= 15 is 0 Å². The molecule has 8 heteroatoms. The van der Waals surface area contributed by atoms with Crippen molar-refractivity contribution in [2.45, 2.75) is 33.9 Å². The number of aryl methyl sites for hydroxylation is 2. The largest absolute Gasteiger partial charge is 0.494 e. The van der Waals surface area contributed by atoms with Gasteiger partial charge in [-0.15, -0.1) is 0 Å². The van der Waals surface area contributed by atoms with Crippen molar-refractivity contribution < 1.29 is 28.3 Å². The van der Waals surface area contributed by atoms with Gasteiger partial charge in [0, 0.05) is 13.6 Å². The summed E-state index contributed by atoms with van der Waals surface area (Å²) in [5.41, 5.74) is 2.74. The molecule has 0 aliphatic carbocycles. The number of benzene rings is 2. The third-order valence-corrected chi connectivity index (χ3v) is 5.07. The van der Waals surface area contributed by atoms with E-state index < -0.39 is 5.97 Å². The van der Waals surface area contributed by atoms with Gasteiger partial charge in [-0.2, -0.15) is 0 Å². The Morgan fingerprint density at radius 3 is 2.42 bits per heavy atom. The maximum Gasteiger partial charge on any atom is 0.342 e. The Kier molecular flexibility index (Phi) is 8.07. The molecule has 0 bridgehead atoms. The first-order chi connectivity index (χ1) is 15.9. The van der Waals surface area contributed by atoms with Crippen LogP contribution >= 0.6 is 0 Å². The van der Waals surface area contributed by atoms with Crippen LogP contribution in [-0.4, -0.2) is 42.2 Å². The van der Waals surface area contributed by atoms with Crippen LogP contribution in [0.3, 0.4) is 0 Å². The zero-order valence-corrected chi connectivity index (χ0v) is 19.3. The van der Waals surface area contributed by atoms with Gasteiger partial charge in [0.05, 0.1) is 17.9 Å². The van der Waals surface area contributed by atoms with Gasteiger partial charge in [0.15, 0.2) is 6.61 Å². The third kappa shape index (κ3) is 6.35. The molecule has 0 radical (unpaired) electrons. The molecule has 2 aromatic carbocycles. The van der Waals surface area contributed by atoms with E-state index in [9.17, 15) is 9.59 Å². The average molecular weight is 453 g/mol. The Morgan fingerprint density at radius 1 is 1.03 bits per heavy atom. The van der Waals surface area contributed by atoms with E-state index in [1.165, 1.54) is 4.90 Å². The molecule has 1 heterocycles. The first-order valence-corrected chi connectivity index (χ1v) is 10.7. The lowest BCUT2D eigenvalue weighted by atomic mass is 10.2. The highest BCUT2D eigenvalue weighted by Gasteiger charge is 2.18. The highest BCUT2D eigenvalue weighted by Crippen LogP contribution is 2.22. The molecule has 33 heavy (non-hydrogen) atoms. The molecule has 1 aromatic heterocycles. The van der Waals surface area contributed by atoms with E-state index in [0.717, 1.165) is 22.6 Å². The highest BCUT2D eigenvalue weighted by molar-refractivity contribution is 5.94. The number of hydrogen-bond donors (Lipinski definition) is 0. The summed E-state index contributed by atoms with van der Waals surface area (Å²) in [6, 6.07) is 14.2. The van der Waals surface area contributed by atoms with Crippen molar-refractivity contribution in [2.75, 3.05) is 20.3 Å². The number of ether oxygens (including phenoxy) is 3. The summed E-state index contributed by atoms with van der Waals surface area (Å²) < 4.78 is 21.6. The van der Waals surface area contributed by atoms with Gasteiger partial charge in [0.25, 0.3) is 5.91 Å². The fraction of sp³-hybridized carbons (Fsp3) is 0.320. The number of hydrogen-bond acceptors (Lipinski definition) is 7. The van der Waals surface area contributed by atoms with E-state index in [-0.39, 0.29) is 24.7 Å². The zero-order chi connectivity index (χ0) is 23.8. The molecule has 3 rings (SSSR count). The minimum Gasteiger partial charge on any atom is -0.494 e. The van der Waals surface area contributed by atoms with Crippen LogP contribution in [0.5, 0.6) is 11.5 Å². The summed E-state index contributed by atoms with van der Waals surface area (Å²) in [7, 11) is 1.66. The Balaban J connectivity index is 1.55. The number of para-hydroxylation sites is 1. The number of carbonyl (C=O) groups excluding carboxylic acids is 2. The predicted octanol–water partition coefficient (Wildman–Crippen LogP) is 4.08. The molecule has 0 unspecified atom stereocenters. The molecule has 8 nitrogen and oxygen atoms in total. The summed E-state index contributed by atoms with van der Waals surface area (Å²) in [4.78, 5) is 26.6. The molecule has 3 aromatic rings. The van der Waals surface area contributed by atoms with Crippen LogP contribution in [0.25, 0.3) is 0 Å². The van der Waals surface area contributed by atoms with E-state index in [2.05, 4.69) is 5.16 Å². The van der Waals surface area contributed by atoms with Gasteiger partial charge in [0.2, 0.25) is 0 Å². The average Bonchev–Trinajstić information content (AvgIpc) is 3.14. The maximum atomic E-state index is 12.6. The van der Waals surface area contributed by atoms with Crippen LogP contribution in [0.1, 0.15) is 39.9 Å². The molecular weight excluding hydrogens is 424 g/mol. The van der Waals surface area contributed by atoms with Crippen LogP contribution in [0, 0.1) is 13.8 Å². The van der Waals surface area contributed by atoms with Gasteiger partial charge in [-0.05, 0) is 50.6 Å². The molecule has 0 atom stereocenters. The molecule has 0 N–H and O–H groups in total. The Bertz CT molecular complexity index is 1070. The standard InChI is InChI=1S/C25H28N2O6/c1-5-30-20-12-10-19(11-13-20)14-27(4)24(28)16-32-25(29)21-8-6-7-9-23(21)31-15-22-17(2)26-33-18(22)3/h6-13H,5,14-16H2,1-4H3. The number of esters is 1. The lowest BCUT2D eigenvalue weighted by molar-refractivity contribution is -0.133. The van der Waals surface area contributed by atoms with Crippen molar-refractivity contribution in [3.8, 4) is 11.5 Å². The molecule has 0 aliphatic rings. The lowest BCUT2D eigenvalue weighted by Crippen LogP contribution is -2.30. The second-order valence-corrected chi connectivity index (χ2v) is 7.49. The first kappa shape index (κ1) is 23.8. The third-order valence-electron chi connectivity index (χ3n) is 5.07. The van der Waals surface area contributed by atoms with Crippen LogP contribution in [0.4, 0.5) is 0 Å². The second kappa shape index (κ2) is 11.2. The second-order valence-electron chi connectivity index (χ2n) is 7.49. The van der Waals surface area contributed by atoms with Crippen LogP contribution in [0.15, 0.2) is 53.1 Å². The topological polar surface area (TPSA) is 91.1 Å².